The van der Waals surface area contributed by atoms with Crippen molar-refractivity contribution in [3.8, 4) is 0 Å². The Morgan fingerprint density at radius 3 is 2.29 bits per heavy atom. The van der Waals surface area contributed by atoms with Gasteiger partial charge in [-0.1, -0.05) is 13.8 Å². The van der Waals surface area contributed by atoms with Gasteiger partial charge in [-0.2, -0.15) is 0 Å². The highest BCUT2D eigenvalue weighted by molar-refractivity contribution is 4.84. The number of hydrogen-bond acceptors (Lipinski definition) is 2. The van der Waals surface area contributed by atoms with Crippen LogP contribution in [0.25, 0.3) is 0 Å². The van der Waals surface area contributed by atoms with Gasteiger partial charge in [0.05, 0.1) is 0 Å². The molecule has 0 spiro atoms. The zero-order chi connectivity index (χ0) is 12.3. The molecule has 2 nitrogen and oxygen atoms in total. The first-order valence-corrected chi connectivity index (χ1v) is 7.64. The summed E-state index contributed by atoms with van der Waals surface area (Å²) in [4.78, 5) is 2.78. The summed E-state index contributed by atoms with van der Waals surface area (Å²) in [5, 5.41) is 0. The average molecular weight is 238 g/mol. The van der Waals surface area contributed by atoms with E-state index in [4.69, 9.17) is 5.73 Å². The molecule has 1 unspecified atom stereocenters. The Labute approximate surface area is 107 Å². The summed E-state index contributed by atoms with van der Waals surface area (Å²) in [6, 6.07) is 0.863. The summed E-state index contributed by atoms with van der Waals surface area (Å²) in [5.74, 6) is 2.61. The summed E-state index contributed by atoms with van der Waals surface area (Å²) < 4.78 is 0. The Morgan fingerprint density at radius 2 is 1.71 bits per heavy atom. The largest absolute Gasteiger partial charge is 0.330 e. The predicted molar refractivity (Wildman–Crippen MR) is 73.9 cm³/mol. The van der Waals surface area contributed by atoms with Gasteiger partial charge in [0, 0.05) is 12.6 Å². The molecule has 100 valence electrons. The van der Waals surface area contributed by atoms with Crippen LogP contribution < -0.4 is 5.73 Å². The van der Waals surface area contributed by atoms with Gasteiger partial charge in [-0.25, -0.2) is 0 Å². The van der Waals surface area contributed by atoms with Gasteiger partial charge < -0.3 is 5.73 Å². The van der Waals surface area contributed by atoms with Crippen LogP contribution in [0.5, 0.6) is 0 Å². The second-order valence-electron chi connectivity index (χ2n) is 6.57. The molecule has 1 aliphatic heterocycles. The van der Waals surface area contributed by atoms with Crippen LogP contribution in [0.15, 0.2) is 0 Å². The minimum absolute atomic E-state index is 0.825. The summed E-state index contributed by atoms with van der Waals surface area (Å²) in [5.41, 5.74) is 5.76. The van der Waals surface area contributed by atoms with Gasteiger partial charge >= 0.3 is 0 Å². The van der Waals surface area contributed by atoms with Crippen LogP contribution in [0.2, 0.25) is 0 Å². The third-order valence-electron chi connectivity index (χ3n) is 4.98. The monoisotopic (exact) mass is 238 g/mol. The molecule has 0 aromatic rings. The van der Waals surface area contributed by atoms with E-state index in [0.29, 0.717) is 0 Å². The number of hydrogen-bond donors (Lipinski definition) is 1. The molecule has 2 aliphatic rings. The molecule has 2 rings (SSSR count). The van der Waals surface area contributed by atoms with Crippen molar-refractivity contribution in [1.29, 1.82) is 0 Å². The van der Waals surface area contributed by atoms with Crippen molar-refractivity contribution in [3.05, 3.63) is 0 Å². The number of nitrogens with zero attached hydrogens (tertiary/aromatic N) is 1. The molecule has 2 fully saturated rings. The second-order valence-corrected chi connectivity index (χ2v) is 6.57. The SMILES string of the molecule is CC(C)C1CCCN1CC1CCC(CN)CC1. The molecular weight excluding hydrogens is 208 g/mol. The fraction of sp³-hybridized carbons (Fsp3) is 1.00. The molecule has 1 heterocycles. The van der Waals surface area contributed by atoms with E-state index in [1.165, 1.54) is 51.6 Å². The maximum absolute atomic E-state index is 5.76. The molecule has 0 aromatic heterocycles. The Kier molecular flexibility index (Phi) is 4.87. The minimum Gasteiger partial charge on any atom is -0.330 e. The standard InChI is InChI=1S/C15H30N2/c1-12(2)15-4-3-9-17(15)11-14-7-5-13(10-16)6-8-14/h12-15H,3-11,16H2,1-2H3. The molecule has 2 N–H and O–H groups in total. The zero-order valence-electron chi connectivity index (χ0n) is 11.7. The summed E-state index contributed by atoms with van der Waals surface area (Å²) >= 11 is 0. The Morgan fingerprint density at radius 1 is 1.06 bits per heavy atom. The molecule has 1 aliphatic carbocycles. The highest BCUT2D eigenvalue weighted by atomic mass is 15.2. The molecule has 0 bridgehead atoms. The first-order chi connectivity index (χ1) is 8.20. The Balaban J connectivity index is 1.77. The van der Waals surface area contributed by atoms with E-state index in [1.54, 1.807) is 0 Å². The van der Waals surface area contributed by atoms with Crippen LogP contribution >= 0.6 is 0 Å². The van der Waals surface area contributed by atoms with Gasteiger partial charge in [-0.3, -0.25) is 4.90 Å². The van der Waals surface area contributed by atoms with E-state index < -0.39 is 0 Å². The first kappa shape index (κ1) is 13.4. The lowest BCUT2D eigenvalue weighted by Crippen LogP contribution is -2.38. The zero-order valence-corrected chi connectivity index (χ0v) is 11.7. The van der Waals surface area contributed by atoms with E-state index in [9.17, 15) is 0 Å². The summed E-state index contributed by atoms with van der Waals surface area (Å²) in [6.07, 6.45) is 8.44. The highest BCUT2D eigenvalue weighted by Crippen LogP contribution is 2.31. The molecule has 0 aromatic carbocycles. The highest BCUT2D eigenvalue weighted by Gasteiger charge is 2.30. The van der Waals surface area contributed by atoms with Crippen LogP contribution in [-0.4, -0.2) is 30.6 Å². The van der Waals surface area contributed by atoms with Gasteiger partial charge in [0.1, 0.15) is 0 Å². The maximum Gasteiger partial charge on any atom is 0.0119 e. The third kappa shape index (κ3) is 3.45. The smallest absolute Gasteiger partial charge is 0.0119 e. The molecule has 1 saturated heterocycles. The second kappa shape index (κ2) is 6.19. The van der Waals surface area contributed by atoms with E-state index in [-0.39, 0.29) is 0 Å². The van der Waals surface area contributed by atoms with Gasteiger partial charge in [0.2, 0.25) is 0 Å². The summed E-state index contributed by atoms with van der Waals surface area (Å²) in [7, 11) is 0. The van der Waals surface area contributed by atoms with Crippen LogP contribution in [-0.2, 0) is 0 Å². The molecule has 1 atom stereocenters. The molecule has 17 heavy (non-hydrogen) atoms. The maximum atomic E-state index is 5.76. The quantitative estimate of drug-likeness (QED) is 0.816. The van der Waals surface area contributed by atoms with E-state index in [1.807, 2.05) is 0 Å². The van der Waals surface area contributed by atoms with Crippen molar-refractivity contribution < 1.29 is 0 Å². The minimum atomic E-state index is 0.825. The number of nitrogens with two attached hydrogens (primary N) is 1. The van der Waals surface area contributed by atoms with E-state index in [2.05, 4.69) is 18.7 Å². The van der Waals surface area contributed by atoms with Crippen LogP contribution in [0, 0.1) is 17.8 Å². The molecule has 0 amide bonds. The van der Waals surface area contributed by atoms with E-state index in [0.717, 1.165) is 30.3 Å². The molecule has 2 heteroatoms. The van der Waals surface area contributed by atoms with Crippen LogP contribution in [0.4, 0.5) is 0 Å². The topological polar surface area (TPSA) is 29.3 Å². The molecule has 1 saturated carbocycles. The number of rotatable bonds is 4. The van der Waals surface area contributed by atoms with Crippen molar-refractivity contribution in [2.75, 3.05) is 19.6 Å². The van der Waals surface area contributed by atoms with Crippen molar-refractivity contribution >= 4 is 0 Å². The summed E-state index contributed by atoms with van der Waals surface area (Å²) in [6.45, 7) is 8.38. The van der Waals surface area contributed by atoms with Gasteiger partial charge in [-0.15, -0.1) is 0 Å². The lowest BCUT2D eigenvalue weighted by atomic mass is 9.81. The lowest BCUT2D eigenvalue weighted by molar-refractivity contribution is 0.148. The number of likely N-dealkylation sites (tertiary alicyclic amines) is 1. The Bertz CT molecular complexity index is 219. The van der Waals surface area contributed by atoms with Gasteiger partial charge in [0.25, 0.3) is 0 Å². The lowest BCUT2D eigenvalue weighted by Gasteiger charge is -2.34. The fourth-order valence-electron chi connectivity index (χ4n) is 3.81. The van der Waals surface area contributed by atoms with Crippen molar-refractivity contribution in [2.24, 2.45) is 23.5 Å². The normalized spacial score (nSPS) is 35.6. The van der Waals surface area contributed by atoms with Crippen molar-refractivity contribution in [3.63, 3.8) is 0 Å². The van der Waals surface area contributed by atoms with Crippen molar-refractivity contribution in [1.82, 2.24) is 4.90 Å². The molecule has 0 radical (unpaired) electrons. The Hall–Kier alpha value is -0.0800. The van der Waals surface area contributed by atoms with Gasteiger partial charge in [-0.05, 0) is 69.4 Å². The first-order valence-electron chi connectivity index (χ1n) is 7.64. The predicted octanol–water partition coefficient (Wildman–Crippen LogP) is 2.87. The molecular formula is C15H30N2. The van der Waals surface area contributed by atoms with Crippen LogP contribution in [0.1, 0.15) is 52.4 Å². The van der Waals surface area contributed by atoms with E-state index >= 15 is 0 Å². The fourth-order valence-corrected chi connectivity index (χ4v) is 3.81. The average Bonchev–Trinajstić information content (AvgIpc) is 2.78. The van der Waals surface area contributed by atoms with Gasteiger partial charge in [0.15, 0.2) is 0 Å². The van der Waals surface area contributed by atoms with Crippen molar-refractivity contribution in [2.45, 2.75) is 58.4 Å². The third-order valence-corrected chi connectivity index (χ3v) is 4.98. The van der Waals surface area contributed by atoms with Crippen LogP contribution in [0.3, 0.4) is 0 Å².